The number of carbonyl (C=O) groups is 1. The zero-order chi connectivity index (χ0) is 14.0. The molecule has 2 rings (SSSR count). The number of rotatable bonds is 3. The molecule has 0 heterocycles. The fraction of sp³-hybridized carbons (Fsp3) is 0.133. The van der Waals surface area contributed by atoms with E-state index in [0.717, 1.165) is 18.2 Å². The van der Waals surface area contributed by atoms with Gasteiger partial charge in [0, 0.05) is 17.0 Å². The number of Topliss-reactive ketones (excluding diaryl/α,β-unsaturated/α-hetero) is 1. The van der Waals surface area contributed by atoms with Gasteiger partial charge in [-0.3, -0.25) is 4.79 Å². The van der Waals surface area contributed by atoms with Gasteiger partial charge in [-0.2, -0.15) is 0 Å². The summed E-state index contributed by atoms with van der Waals surface area (Å²) < 4.78 is 26.5. The number of hydrogen-bond acceptors (Lipinski definition) is 1. The van der Waals surface area contributed by atoms with Crippen LogP contribution in [-0.2, 0) is 6.42 Å². The van der Waals surface area contributed by atoms with Gasteiger partial charge >= 0.3 is 0 Å². The Balaban J connectivity index is 2.31. The number of hydrogen-bond donors (Lipinski definition) is 0. The fourth-order valence-electron chi connectivity index (χ4n) is 1.86. The summed E-state index contributed by atoms with van der Waals surface area (Å²) >= 11 is 5.93. The van der Waals surface area contributed by atoms with Crippen molar-refractivity contribution in [2.24, 2.45) is 0 Å². The summed E-state index contributed by atoms with van der Waals surface area (Å²) in [5, 5.41) is 0.477. The van der Waals surface area contributed by atoms with E-state index in [1.54, 1.807) is 25.1 Å². The molecule has 0 bridgehead atoms. The summed E-state index contributed by atoms with van der Waals surface area (Å²) in [5.74, 6) is -1.44. The van der Waals surface area contributed by atoms with E-state index in [1.807, 2.05) is 0 Å². The van der Waals surface area contributed by atoms with Gasteiger partial charge in [0.15, 0.2) is 5.78 Å². The Kier molecular flexibility index (Phi) is 3.96. The molecule has 0 unspecified atom stereocenters. The highest BCUT2D eigenvalue weighted by Gasteiger charge is 2.14. The second kappa shape index (κ2) is 5.49. The molecule has 0 aliphatic carbocycles. The van der Waals surface area contributed by atoms with Crippen LogP contribution in [-0.4, -0.2) is 5.78 Å². The molecule has 98 valence electrons. The van der Waals surface area contributed by atoms with Gasteiger partial charge < -0.3 is 0 Å². The third-order valence-corrected chi connectivity index (χ3v) is 3.34. The van der Waals surface area contributed by atoms with Gasteiger partial charge in [0.25, 0.3) is 0 Å². The highest BCUT2D eigenvalue weighted by Crippen LogP contribution is 2.21. The minimum absolute atomic E-state index is 0.0457. The summed E-state index contributed by atoms with van der Waals surface area (Å²) in [4.78, 5) is 12.1. The van der Waals surface area contributed by atoms with Crippen LogP contribution in [0.4, 0.5) is 8.78 Å². The molecule has 0 N–H and O–H groups in total. The Morgan fingerprint density at radius 3 is 2.68 bits per heavy atom. The highest BCUT2D eigenvalue weighted by molar-refractivity contribution is 6.31. The smallest absolute Gasteiger partial charge is 0.167 e. The summed E-state index contributed by atoms with van der Waals surface area (Å²) in [6.45, 7) is 1.72. The lowest BCUT2D eigenvalue weighted by Crippen LogP contribution is -2.07. The second-order valence-electron chi connectivity index (χ2n) is 4.25. The molecule has 0 aromatic heterocycles. The van der Waals surface area contributed by atoms with Gasteiger partial charge in [0.05, 0.1) is 0 Å². The van der Waals surface area contributed by atoms with Gasteiger partial charge in [-0.25, -0.2) is 8.78 Å². The van der Waals surface area contributed by atoms with Crippen LogP contribution in [0, 0.1) is 18.6 Å². The largest absolute Gasteiger partial charge is 0.294 e. The van der Waals surface area contributed by atoms with Crippen molar-refractivity contribution in [1.29, 1.82) is 0 Å². The van der Waals surface area contributed by atoms with E-state index >= 15 is 0 Å². The minimum Gasteiger partial charge on any atom is -0.294 e. The average molecular weight is 281 g/mol. The van der Waals surface area contributed by atoms with Crippen LogP contribution in [0.3, 0.4) is 0 Å². The van der Waals surface area contributed by atoms with Gasteiger partial charge in [-0.05, 0) is 42.3 Å². The number of ketones is 1. The molecule has 0 amide bonds. The summed E-state index contributed by atoms with van der Waals surface area (Å²) in [7, 11) is 0. The Morgan fingerprint density at radius 2 is 1.95 bits per heavy atom. The van der Waals surface area contributed by atoms with Crippen molar-refractivity contribution >= 4 is 17.4 Å². The van der Waals surface area contributed by atoms with Crippen LogP contribution < -0.4 is 0 Å². The predicted octanol–water partition coefficient (Wildman–Crippen LogP) is 4.35. The first kappa shape index (κ1) is 13.7. The summed E-state index contributed by atoms with van der Waals surface area (Å²) in [6, 6.07) is 8.03. The third-order valence-electron chi connectivity index (χ3n) is 2.93. The average Bonchev–Trinajstić information content (AvgIpc) is 2.37. The Labute approximate surface area is 114 Å². The van der Waals surface area contributed by atoms with Crippen LogP contribution in [0.1, 0.15) is 21.5 Å². The molecule has 1 nitrogen and oxygen atoms in total. The number of benzene rings is 2. The first-order chi connectivity index (χ1) is 8.99. The van der Waals surface area contributed by atoms with E-state index in [9.17, 15) is 13.6 Å². The maximum Gasteiger partial charge on any atom is 0.167 e. The van der Waals surface area contributed by atoms with E-state index in [0.29, 0.717) is 16.1 Å². The molecular formula is C15H11ClF2O. The number of carbonyl (C=O) groups excluding carboxylic acids is 1. The van der Waals surface area contributed by atoms with Crippen LogP contribution in [0.5, 0.6) is 0 Å². The molecule has 2 aromatic rings. The standard InChI is InChI=1S/C15H11ClF2O/c1-9-12(3-2-4-13(9)16)15(19)8-10-7-11(17)5-6-14(10)18/h2-7H,8H2,1H3. The molecule has 19 heavy (non-hydrogen) atoms. The Hall–Kier alpha value is -1.74. The second-order valence-corrected chi connectivity index (χ2v) is 4.66. The lowest BCUT2D eigenvalue weighted by Gasteiger charge is -2.07. The zero-order valence-electron chi connectivity index (χ0n) is 10.2. The van der Waals surface area contributed by atoms with Crippen molar-refractivity contribution in [3.05, 3.63) is 69.7 Å². The molecule has 0 saturated carbocycles. The maximum atomic E-state index is 13.5. The van der Waals surface area contributed by atoms with E-state index in [2.05, 4.69) is 0 Å². The van der Waals surface area contributed by atoms with Crippen molar-refractivity contribution in [3.63, 3.8) is 0 Å². The van der Waals surface area contributed by atoms with Crippen LogP contribution in [0.2, 0.25) is 5.02 Å². The Morgan fingerprint density at radius 1 is 1.21 bits per heavy atom. The lowest BCUT2D eigenvalue weighted by atomic mass is 9.99. The first-order valence-corrected chi connectivity index (χ1v) is 6.09. The topological polar surface area (TPSA) is 17.1 Å². The van der Waals surface area contributed by atoms with Gasteiger partial charge in [-0.15, -0.1) is 0 Å². The first-order valence-electron chi connectivity index (χ1n) is 5.71. The molecule has 0 aliphatic heterocycles. The molecule has 0 fully saturated rings. The predicted molar refractivity (Wildman–Crippen MR) is 70.6 cm³/mol. The molecular weight excluding hydrogens is 270 g/mol. The van der Waals surface area contributed by atoms with E-state index < -0.39 is 11.6 Å². The highest BCUT2D eigenvalue weighted by atomic mass is 35.5. The third kappa shape index (κ3) is 2.99. The Bertz CT molecular complexity index is 638. The zero-order valence-corrected chi connectivity index (χ0v) is 11.0. The summed E-state index contributed by atoms with van der Waals surface area (Å²) in [6.07, 6.45) is -0.190. The van der Waals surface area contributed by atoms with E-state index in [-0.39, 0.29) is 17.8 Å². The van der Waals surface area contributed by atoms with Crippen LogP contribution in [0.25, 0.3) is 0 Å². The monoisotopic (exact) mass is 280 g/mol. The van der Waals surface area contributed by atoms with Gasteiger partial charge in [0.2, 0.25) is 0 Å². The van der Waals surface area contributed by atoms with Crippen molar-refractivity contribution in [3.8, 4) is 0 Å². The van der Waals surface area contributed by atoms with Gasteiger partial charge in [0.1, 0.15) is 11.6 Å². The van der Waals surface area contributed by atoms with E-state index in [4.69, 9.17) is 11.6 Å². The lowest BCUT2D eigenvalue weighted by molar-refractivity contribution is 0.0991. The molecule has 0 atom stereocenters. The minimum atomic E-state index is -0.588. The quantitative estimate of drug-likeness (QED) is 0.764. The molecule has 0 spiro atoms. The van der Waals surface area contributed by atoms with Crippen LogP contribution >= 0.6 is 11.6 Å². The van der Waals surface area contributed by atoms with Crippen molar-refractivity contribution in [1.82, 2.24) is 0 Å². The van der Waals surface area contributed by atoms with Crippen molar-refractivity contribution in [2.75, 3.05) is 0 Å². The molecule has 2 aromatic carbocycles. The van der Waals surface area contributed by atoms with Crippen LogP contribution in [0.15, 0.2) is 36.4 Å². The molecule has 0 saturated heterocycles. The fourth-order valence-corrected chi connectivity index (χ4v) is 2.03. The maximum absolute atomic E-state index is 13.5. The van der Waals surface area contributed by atoms with Crippen molar-refractivity contribution < 1.29 is 13.6 Å². The normalized spacial score (nSPS) is 10.5. The van der Waals surface area contributed by atoms with Crippen molar-refractivity contribution in [2.45, 2.75) is 13.3 Å². The molecule has 0 aliphatic rings. The summed E-state index contributed by atoms with van der Waals surface area (Å²) in [5.41, 5.74) is 1.12. The van der Waals surface area contributed by atoms with E-state index in [1.165, 1.54) is 0 Å². The molecule has 4 heteroatoms. The number of halogens is 3. The van der Waals surface area contributed by atoms with Gasteiger partial charge in [-0.1, -0.05) is 23.7 Å². The SMILES string of the molecule is Cc1c(Cl)cccc1C(=O)Cc1cc(F)ccc1F. The molecule has 0 radical (unpaired) electrons.